The summed E-state index contributed by atoms with van der Waals surface area (Å²) in [6.07, 6.45) is 5.24. The molecule has 1 aliphatic rings. The Morgan fingerprint density at radius 3 is 2.67 bits per heavy atom. The molecule has 0 amide bonds. The maximum absolute atomic E-state index is 6.48. The van der Waals surface area contributed by atoms with Gasteiger partial charge in [-0.25, -0.2) is 9.97 Å². The number of H-pyrrole nitrogens is 2. The Bertz CT molecular complexity index is 1340. The summed E-state index contributed by atoms with van der Waals surface area (Å²) >= 11 is 3.62. The van der Waals surface area contributed by atoms with Crippen LogP contribution >= 0.6 is 15.9 Å². The standard InChI is InChI=1S/C23H16BrN5O/c24-20-13-27-22-16-9-8-15(18-12-26-21(28-18)17-7-4-10-25-17)11-19(16)30-23(29(20)22)14-5-2-1-3-6-14/h1-13,23,25H,(H,26,28)/t23-/m0/s1. The number of hydrogen-bond acceptors (Lipinski definition) is 3. The maximum atomic E-state index is 6.48. The number of halogens is 1. The van der Waals surface area contributed by atoms with Gasteiger partial charge in [-0.2, -0.15) is 0 Å². The molecule has 0 unspecified atom stereocenters. The number of fused-ring (bicyclic) bond motifs is 3. The second-order valence-electron chi connectivity index (χ2n) is 7.10. The highest BCUT2D eigenvalue weighted by Crippen LogP contribution is 2.43. The number of nitrogens with one attached hydrogen (secondary N) is 2. The highest BCUT2D eigenvalue weighted by Gasteiger charge is 2.30. The molecule has 5 aromatic rings. The molecule has 0 saturated carbocycles. The lowest BCUT2D eigenvalue weighted by Gasteiger charge is -2.29. The highest BCUT2D eigenvalue weighted by molar-refractivity contribution is 9.10. The van der Waals surface area contributed by atoms with Crippen molar-refractivity contribution in [1.29, 1.82) is 0 Å². The first-order chi connectivity index (χ1) is 14.8. The van der Waals surface area contributed by atoms with E-state index in [1.165, 1.54) is 0 Å². The van der Waals surface area contributed by atoms with E-state index < -0.39 is 0 Å². The summed E-state index contributed by atoms with van der Waals surface area (Å²) in [5.74, 6) is 2.47. The zero-order valence-corrected chi connectivity index (χ0v) is 17.3. The summed E-state index contributed by atoms with van der Waals surface area (Å²) < 4.78 is 9.42. The summed E-state index contributed by atoms with van der Waals surface area (Å²) in [7, 11) is 0. The topological polar surface area (TPSA) is 71.5 Å². The van der Waals surface area contributed by atoms with E-state index in [-0.39, 0.29) is 6.23 Å². The van der Waals surface area contributed by atoms with E-state index in [0.717, 1.165) is 50.1 Å². The fourth-order valence-corrected chi connectivity index (χ4v) is 4.28. The minimum atomic E-state index is -0.294. The molecule has 30 heavy (non-hydrogen) atoms. The maximum Gasteiger partial charge on any atom is 0.204 e. The normalized spacial score (nSPS) is 14.8. The van der Waals surface area contributed by atoms with E-state index in [9.17, 15) is 0 Å². The molecule has 0 saturated heterocycles. The molecule has 0 radical (unpaired) electrons. The Morgan fingerprint density at radius 1 is 0.933 bits per heavy atom. The molecule has 0 spiro atoms. The van der Waals surface area contributed by atoms with Crippen LogP contribution in [0, 0.1) is 0 Å². The molecule has 7 heteroatoms. The van der Waals surface area contributed by atoms with E-state index in [4.69, 9.17) is 4.74 Å². The number of ether oxygens (including phenoxy) is 1. The summed E-state index contributed by atoms with van der Waals surface area (Å²) in [5, 5.41) is 0. The van der Waals surface area contributed by atoms with Crippen LogP contribution in [-0.2, 0) is 0 Å². The molecular formula is C23H16BrN5O. The van der Waals surface area contributed by atoms with Gasteiger partial charge in [0.25, 0.3) is 0 Å². The number of imidazole rings is 2. The Labute approximate surface area is 180 Å². The van der Waals surface area contributed by atoms with Gasteiger partial charge in [0.1, 0.15) is 16.2 Å². The third-order valence-electron chi connectivity index (χ3n) is 5.27. The molecule has 3 aromatic heterocycles. The zero-order valence-electron chi connectivity index (χ0n) is 15.7. The van der Waals surface area contributed by atoms with Gasteiger partial charge in [0.05, 0.1) is 29.3 Å². The van der Waals surface area contributed by atoms with Crippen molar-refractivity contribution in [2.75, 3.05) is 0 Å². The lowest BCUT2D eigenvalue weighted by atomic mass is 10.1. The lowest BCUT2D eigenvalue weighted by molar-refractivity contribution is 0.165. The van der Waals surface area contributed by atoms with E-state index >= 15 is 0 Å². The van der Waals surface area contributed by atoms with Gasteiger partial charge < -0.3 is 14.7 Å². The van der Waals surface area contributed by atoms with Crippen LogP contribution in [0.3, 0.4) is 0 Å². The fourth-order valence-electron chi connectivity index (χ4n) is 3.82. The van der Waals surface area contributed by atoms with Crippen LogP contribution in [0.5, 0.6) is 5.75 Å². The number of nitrogens with zero attached hydrogens (tertiary/aromatic N) is 3. The average molecular weight is 458 g/mol. The van der Waals surface area contributed by atoms with Crippen molar-refractivity contribution in [2.45, 2.75) is 6.23 Å². The third kappa shape index (κ3) is 2.70. The SMILES string of the molecule is Brc1cnc2n1[C@H](c1ccccc1)Oc1cc(-c3cnc(-c4ccc[nH]4)[nH]3)ccc1-2. The van der Waals surface area contributed by atoms with Gasteiger partial charge in [-0.05, 0) is 40.2 Å². The zero-order chi connectivity index (χ0) is 20.1. The Morgan fingerprint density at radius 2 is 1.83 bits per heavy atom. The van der Waals surface area contributed by atoms with E-state index in [1.807, 2.05) is 61.1 Å². The van der Waals surface area contributed by atoms with Gasteiger partial charge in [-0.15, -0.1) is 0 Å². The molecule has 2 aromatic carbocycles. The monoisotopic (exact) mass is 457 g/mol. The van der Waals surface area contributed by atoms with Gasteiger partial charge >= 0.3 is 0 Å². The van der Waals surface area contributed by atoms with Gasteiger partial charge in [-0.3, -0.25) is 4.57 Å². The predicted molar refractivity (Wildman–Crippen MR) is 118 cm³/mol. The molecule has 146 valence electrons. The van der Waals surface area contributed by atoms with Crippen LogP contribution < -0.4 is 4.74 Å². The van der Waals surface area contributed by atoms with Crippen molar-refractivity contribution >= 4 is 15.9 Å². The Balaban J connectivity index is 1.44. The van der Waals surface area contributed by atoms with E-state index in [2.05, 4.69) is 58.6 Å². The second kappa shape index (κ2) is 6.74. The number of benzene rings is 2. The van der Waals surface area contributed by atoms with Gasteiger partial charge in [0.2, 0.25) is 6.23 Å². The van der Waals surface area contributed by atoms with Gasteiger partial charge in [-0.1, -0.05) is 36.4 Å². The molecule has 1 atom stereocenters. The molecule has 1 aliphatic heterocycles. The molecule has 6 nitrogen and oxygen atoms in total. The van der Waals surface area contributed by atoms with Crippen molar-refractivity contribution in [1.82, 2.24) is 24.5 Å². The summed E-state index contributed by atoms with van der Waals surface area (Å²) in [5.41, 5.74) is 4.90. The molecule has 0 aliphatic carbocycles. The highest BCUT2D eigenvalue weighted by atomic mass is 79.9. The molecule has 4 heterocycles. The molecule has 0 bridgehead atoms. The summed E-state index contributed by atoms with van der Waals surface area (Å²) in [4.78, 5) is 15.7. The first kappa shape index (κ1) is 17.3. The quantitative estimate of drug-likeness (QED) is 0.368. The van der Waals surface area contributed by atoms with Crippen molar-refractivity contribution < 1.29 is 4.74 Å². The summed E-state index contributed by atoms with van der Waals surface area (Å²) in [6.45, 7) is 0. The summed E-state index contributed by atoms with van der Waals surface area (Å²) in [6, 6.07) is 20.3. The third-order valence-corrected chi connectivity index (χ3v) is 5.86. The fraction of sp³-hybridized carbons (Fsp3) is 0.0435. The van der Waals surface area contributed by atoms with Crippen LogP contribution in [0.25, 0.3) is 34.2 Å². The number of hydrogen-bond donors (Lipinski definition) is 2. The number of aromatic amines is 2. The van der Waals surface area contributed by atoms with Crippen LogP contribution in [0.1, 0.15) is 11.8 Å². The van der Waals surface area contributed by atoms with Gasteiger partial charge in [0.15, 0.2) is 5.82 Å². The largest absolute Gasteiger partial charge is 0.465 e. The molecular weight excluding hydrogens is 442 g/mol. The first-order valence-corrected chi connectivity index (χ1v) is 10.3. The smallest absolute Gasteiger partial charge is 0.204 e. The minimum Gasteiger partial charge on any atom is -0.465 e. The Hall–Kier alpha value is -3.58. The molecule has 6 rings (SSSR count). The number of aromatic nitrogens is 5. The minimum absolute atomic E-state index is 0.294. The van der Waals surface area contributed by atoms with Crippen molar-refractivity contribution in [3.63, 3.8) is 0 Å². The Kier molecular flexibility index (Phi) is 3.89. The van der Waals surface area contributed by atoms with Crippen LogP contribution in [0.2, 0.25) is 0 Å². The van der Waals surface area contributed by atoms with Crippen LogP contribution in [-0.4, -0.2) is 24.5 Å². The van der Waals surface area contributed by atoms with E-state index in [0.29, 0.717) is 0 Å². The van der Waals surface area contributed by atoms with Crippen LogP contribution in [0.15, 0.2) is 83.9 Å². The average Bonchev–Trinajstić information content (AvgIpc) is 3.54. The van der Waals surface area contributed by atoms with Crippen molar-refractivity contribution in [3.8, 4) is 39.9 Å². The van der Waals surface area contributed by atoms with Crippen molar-refractivity contribution in [2.24, 2.45) is 0 Å². The first-order valence-electron chi connectivity index (χ1n) is 9.56. The predicted octanol–water partition coefficient (Wildman–Crippen LogP) is 5.64. The van der Waals surface area contributed by atoms with Crippen LogP contribution in [0.4, 0.5) is 0 Å². The second-order valence-corrected chi connectivity index (χ2v) is 7.91. The van der Waals surface area contributed by atoms with Gasteiger partial charge in [0, 0.05) is 17.3 Å². The number of rotatable bonds is 3. The molecule has 0 fully saturated rings. The van der Waals surface area contributed by atoms with E-state index in [1.54, 1.807) is 0 Å². The molecule has 2 N–H and O–H groups in total. The van der Waals surface area contributed by atoms with Crippen molar-refractivity contribution in [3.05, 3.63) is 89.4 Å². The lowest BCUT2D eigenvalue weighted by Crippen LogP contribution is -2.22.